The molecule has 2 aromatic rings. The van der Waals surface area contributed by atoms with E-state index in [0.29, 0.717) is 13.1 Å². The molecule has 1 N–H and O–H groups in total. The number of nitrogens with zero attached hydrogens (tertiary/aromatic N) is 4. The maximum atomic E-state index is 12.6. The van der Waals surface area contributed by atoms with Gasteiger partial charge in [-0.1, -0.05) is 5.21 Å². The van der Waals surface area contributed by atoms with Crippen LogP contribution in [0.15, 0.2) is 11.6 Å². The number of piperidine rings is 1. The van der Waals surface area contributed by atoms with E-state index in [1.54, 1.807) is 16.0 Å². The van der Waals surface area contributed by atoms with Gasteiger partial charge < -0.3 is 10.0 Å². The minimum atomic E-state index is -1.08. The van der Waals surface area contributed by atoms with E-state index in [0.717, 1.165) is 24.0 Å². The van der Waals surface area contributed by atoms with E-state index >= 15 is 0 Å². The number of hydrogen-bond donors (Lipinski definition) is 1. The van der Waals surface area contributed by atoms with Crippen LogP contribution in [0.3, 0.4) is 0 Å². The number of carboxylic acids is 1. The lowest BCUT2D eigenvalue weighted by Gasteiger charge is -2.31. The van der Waals surface area contributed by atoms with Gasteiger partial charge in [0, 0.05) is 23.3 Å². The molecule has 8 heteroatoms. The van der Waals surface area contributed by atoms with Crippen LogP contribution in [0.25, 0.3) is 0 Å². The Morgan fingerprint density at radius 2 is 2.00 bits per heavy atom. The van der Waals surface area contributed by atoms with Crippen molar-refractivity contribution in [1.82, 2.24) is 19.9 Å². The Bertz CT molecular complexity index is 744. The molecule has 1 aliphatic heterocycles. The van der Waals surface area contributed by atoms with Crippen molar-refractivity contribution in [1.29, 1.82) is 0 Å². The summed E-state index contributed by atoms with van der Waals surface area (Å²) >= 11 is 1.60. The number of carbonyl (C=O) groups is 2. The number of amides is 1. The molecule has 0 unspecified atom stereocenters. The molecule has 0 atom stereocenters. The van der Waals surface area contributed by atoms with Crippen molar-refractivity contribution in [3.63, 3.8) is 0 Å². The molecule has 3 heterocycles. The van der Waals surface area contributed by atoms with Crippen LogP contribution in [0.4, 0.5) is 0 Å². The van der Waals surface area contributed by atoms with E-state index in [1.807, 2.05) is 24.1 Å². The Labute approximate surface area is 137 Å². The van der Waals surface area contributed by atoms with Crippen molar-refractivity contribution >= 4 is 23.2 Å². The topological polar surface area (TPSA) is 88.3 Å². The number of carboxylic acid groups (broad SMARTS) is 1. The molecular formula is C15H18N4O3S. The van der Waals surface area contributed by atoms with Gasteiger partial charge in [-0.2, -0.15) is 0 Å². The van der Waals surface area contributed by atoms with Crippen molar-refractivity contribution in [2.45, 2.75) is 32.7 Å². The van der Waals surface area contributed by atoms with Gasteiger partial charge in [-0.05, 0) is 32.3 Å². The van der Waals surface area contributed by atoms with Crippen LogP contribution in [0.1, 0.15) is 50.2 Å². The summed E-state index contributed by atoms with van der Waals surface area (Å²) in [5.41, 5.74) is 1.80. The molecule has 23 heavy (non-hydrogen) atoms. The Morgan fingerprint density at radius 1 is 1.30 bits per heavy atom. The second kappa shape index (κ2) is 6.11. The second-order valence-electron chi connectivity index (χ2n) is 5.74. The summed E-state index contributed by atoms with van der Waals surface area (Å²) in [6.07, 6.45) is 2.95. The van der Waals surface area contributed by atoms with Crippen molar-refractivity contribution in [2.24, 2.45) is 0 Å². The first kappa shape index (κ1) is 15.7. The zero-order valence-electron chi connectivity index (χ0n) is 13.0. The fourth-order valence-corrected chi connectivity index (χ4v) is 3.64. The predicted octanol–water partition coefficient (Wildman–Crippen LogP) is 2.13. The SMILES string of the molecule is Cc1scc(C(=O)N2CCC(n3cc(C(=O)O)nn3)CC2)c1C. The Morgan fingerprint density at radius 3 is 2.52 bits per heavy atom. The highest BCUT2D eigenvalue weighted by Crippen LogP contribution is 2.26. The molecule has 2 aromatic heterocycles. The molecule has 0 aromatic carbocycles. The van der Waals surface area contributed by atoms with Gasteiger partial charge in [0.15, 0.2) is 5.69 Å². The number of aromatic carboxylic acids is 1. The summed E-state index contributed by atoms with van der Waals surface area (Å²) in [4.78, 5) is 26.5. The minimum Gasteiger partial charge on any atom is -0.476 e. The standard InChI is InChI=1S/C15H18N4O3S/c1-9-10(2)23-8-12(9)14(20)18-5-3-11(4-6-18)19-7-13(15(21)22)16-17-19/h7-8,11H,3-6H2,1-2H3,(H,21,22). The van der Waals surface area contributed by atoms with Crippen molar-refractivity contribution in [2.75, 3.05) is 13.1 Å². The van der Waals surface area contributed by atoms with E-state index in [1.165, 1.54) is 11.1 Å². The Balaban J connectivity index is 1.65. The van der Waals surface area contributed by atoms with E-state index in [9.17, 15) is 9.59 Å². The Kier molecular flexibility index (Phi) is 4.16. The zero-order chi connectivity index (χ0) is 16.6. The minimum absolute atomic E-state index is 0.0483. The van der Waals surface area contributed by atoms with E-state index in [-0.39, 0.29) is 17.6 Å². The quantitative estimate of drug-likeness (QED) is 0.929. The molecule has 3 rings (SSSR count). The number of aromatic nitrogens is 3. The van der Waals surface area contributed by atoms with Crippen molar-refractivity contribution < 1.29 is 14.7 Å². The van der Waals surface area contributed by atoms with Crippen LogP contribution >= 0.6 is 11.3 Å². The largest absolute Gasteiger partial charge is 0.476 e. The summed E-state index contributed by atoms with van der Waals surface area (Å²) < 4.78 is 1.60. The number of likely N-dealkylation sites (tertiary alicyclic amines) is 1. The molecule has 1 saturated heterocycles. The van der Waals surface area contributed by atoms with Gasteiger partial charge in [0.2, 0.25) is 0 Å². The molecule has 7 nitrogen and oxygen atoms in total. The molecule has 0 bridgehead atoms. The number of rotatable bonds is 3. The average Bonchev–Trinajstić information content (AvgIpc) is 3.16. The monoisotopic (exact) mass is 334 g/mol. The van der Waals surface area contributed by atoms with E-state index in [4.69, 9.17) is 5.11 Å². The molecule has 1 amide bonds. The van der Waals surface area contributed by atoms with Gasteiger partial charge in [0.05, 0.1) is 17.8 Å². The first-order chi connectivity index (χ1) is 11.0. The molecule has 0 spiro atoms. The highest BCUT2D eigenvalue weighted by Gasteiger charge is 2.27. The van der Waals surface area contributed by atoms with Crippen molar-refractivity contribution in [3.8, 4) is 0 Å². The fourth-order valence-electron chi connectivity index (χ4n) is 2.78. The molecular weight excluding hydrogens is 316 g/mol. The lowest BCUT2D eigenvalue weighted by atomic mass is 10.0. The van der Waals surface area contributed by atoms with Crippen LogP contribution in [-0.2, 0) is 0 Å². The van der Waals surface area contributed by atoms with Crippen LogP contribution in [-0.4, -0.2) is 50.0 Å². The highest BCUT2D eigenvalue weighted by molar-refractivity contribution is 7.10. The molecule has 122 valence electrons. The summed E-state index contributed by atoms with van der Waals surface area (Å²) in [6, 6.07) is 0.0879. The molecule has 0 saturated carbocycles. The fraction of sp³-hybridized carbons (Fsp3) is 0.467. The average molecular weight is 334 g/mol. The molecule has 0 radical (unpaired) electrons. The van der Waals surface area contributed by atoms with Gasteiger partial charge in [-0.15, -0.1) is 16.4 Å². The number of hydrogen-bond acceptors (Lipinski definition) is 5. The lowest BCUT2D eigenvalue weighted by Crippen LogP contribution is -2.39. The highest BCUT2D eigenvalue weighted by atomic mass is 32.1. The molecule has 0 aliphatic carbocycles. The number of aryl methyl sites for hydroxylation is 1. The van der Waals surface area contributed by atoms with Crippen LogP contribution in [0.5, 0.6) is 0 Å². The summed E-state index contributed by atoms with van der Waals surface area (Å²) in [5, 5.41) is 18.4. The third-order valence-corrected chi connectivity index (χ3v) is 5.38. The maximum absolute atomic E-state index is 12.6. The molecule has 1 aliphatic rings. The predicted molar refractivity (Wildman–Crippen MR) is 84.9 cm³/mol. The third-order valence-electron chi connectivity index (χ3n) is 4.37. The normalized spacial score (nSPS) is 15.8. The number of thiophene rings is 1. The number of carbonyl (C=O) groups excluding carboxylic acids is 1. The lowest BCUT2D eigenvalue weighted by molar-refractivity contribution is 0.0683. The van der Waals surface area contributed by atoms with Crippen LogP contribution in [0.2, 0.25) is 0 Å². The zero-order valence-corrected chi connectivity index (χ0v) is 13.8. The summed E-state index contributed by atoms with van der Waals surface area (Å²) in [6.45, 7) is 5.28. The van der Waals surface area contributed by atoms with Crippen LogP contribution in [0, 0.1) is 13.8 Å². The first-order valence-electron chi connectivity index (χ1n) is 7.46. The van der Waals surface area contributed by atoms with Gasteiger partial charge >= 0.3 is 5.97 Å². The van der Waals surface area contributed by atoms with E-state index < -0.39 is 5.97 Å². The first-order valence-corrected chi connectivity index (χ1v) is 8.34. The van der Waals surface area contributed by atoms with Gasteiger partial charge in [-0.3, -0.25) is 4.79 Å². The Hall–Kier alpha value is -2.22. The maximum Gasteiger partial charge on any atom is 0.358 e. The van der Waals surface area contributed by atoms with Gasteiger partial charge in [0.25, 0.3) is 5.91 Å². The van der Waals surface area contributed by atoms with Crippen molar-refractivity contribution in [3.05, 3.63) is 33.3 Å². The smallest absolute Gasteiger partial charge is 0.358 e. The second-order valence-corrected chi connectivity index (χ2v) is 6.83. The van der Waals surface area contributed by atoms with E-state index in [2.05, 4.69) is 10.3 Å². The molecule has 1 fully saturated rings. The van der Waals surface area contributed by atoms with Gasteiger partial charge in [0.1, 0.15) is 0 Å². The van der Waals surface area contributed by atoms with Gasteiger partial charge in [-0.25, -0.2) is 9.48 Å². The third kappa shape index (κ3) is 2.98. The summed E-state index contributed by atoms with van der Waals surface area (Å²) in [5.74, 6) is -0.998. The summed E-state index contributed by atoms with van der Waals surface area (Å²) in [7, 11) is 0. The van der Waals surface area contributed by atoms with Crippen LogP contribution < -0.4 is 0 Å².